The van der Waals surface area contributed by atoms with Crippen LogP contribution < -0.4 is 4.74 Å². The fourth-order valence-corrected chi connectivity index (χ4v) is 2.33. The third kappa shape index (κ3) is 1.99. The summed E-state index contributed by atoms with van der Waals surface area (Å²) < 4.78 is 5.43. The third-order valence-corrected chi connectivity index (χ3v) is 3.50. The summed E-state index contributed by atoms with van der Waals surface area (Å²) >= 11 is 0. The third-order valence-electron chi connectivity index (χ3n) is 3.50. The van der Waals surface area contributed by atoms with Gasteiger partial charge in [0.2, 0.25) is 5.75 Å². The minimum atomic E-state index is -1.56. The molecule has 5 N–H and O–H groups in total. The number of aromatic hydroxyl groups is 4. The van der Waals surface area contributed by atoms with Crippen molar-refractivity contribution in [2.24, 2.45) is 0 Å². The first-order chi connectivity index (χ1) is 10.4. The predicted octanol–water partition coefficient (Wildman–Crippen LogP) is 1.19. The molecule has 2 aromatic rings. The van der Waals surface area contributed by atoms with Gasteiger partial charge in [-0.05, 0) is 29.8 Å². The molecule has 0 saturated heterocycles. The van der Waals surface area contributed by atoms with E-state index in [1.54, 1.807) is 0 Å². The number of carbonyl (C=O) groups is 1. The van der Waals surface area contributed by atoms with Crippen molar-refractivity contribution in [3.05, 3.63) is 41.5 Å². The van der Waals surface area contributed by atoms with E-state index >= 15 is 0 Å². The van der Waals surface area contributed by atoms with Gasteiger partial charge in [0.15, 0.2) is 41.0 Å². The van der Waals surface area contributed by atoms with Crippen LogP contribution in [-0.2, 0) is 0 Å². The highest BCUT2D eigenvalue weighted by Gasteiger charge is 2.39. The lowest BCUT2D eigenvalue weighted by Crippen LogP contribution is -2.36. The molecule has 2 aromatic carbocycles. The van der Waals surface area contributed by atoms with Crippen LogP contribution >= 0.6 is 0 Å². The van der Waals surface area contributed by atoms with Gasteiger partial charge in [0, 0.05) is 0 Å². The van der Waals surface area contributed by atoms with Crippen molar-refractivity contribution in [1.82, 2.24) is 0 Å². The Labute approximate surface area is 124 Å². The Hall–Kier alpha value is -2.93. The molecule has 0 spiro atoms. The van der Waals surface area contributed by atoms with E-state index in [0.717, 1.165) is 12.1 Å². The quantitative estimate of drug-likeness (QED) is 0.501. The second-order valence-electron chi connectivity index (χ2n) is 4.91. The molecule has 22 heavy (non-hydrogen) atoms. The van der Waals surface area contributed by atoms with E-state index in [0.29, 0.717) is 0 Å². The predicted molar refractivity (Wildman–Crippen MR) is 73.2 cm³/mol. The number of rotatable bonds is 1. The first-order valence-corrected chi connectivity index (χ1v) is 6.36. The zero-order chi connectivity index (χ0) is 16.0. The first-order valence-electron chi connectivity index (χ1n) is 6.36. The van der Waals surface area contributed by atoms with E-state index < -0.39 is 35.2 Å². The summed E-state index contributed by atoms with van der Waals surface area (Å²) in [5.74, 6) is -2.80. The van der Waals surface area contributed by atoms with Crippen molar-refractivity contribution < 1.29 is 35.1 Å². The maximum absolute atomic E-state index is 12.2. The smallest absolute Gasteiger partial charge is 0.201 e. The van der Waals surface area contributed by atoms with Crippen molar-refractivity contribution in [1.29, 1.82) is 0 Å². The maximum Gasteiger partial charge on any atom is 0.201 e. The Morgan fingerprint density at radius 1 is 0.909 bits per heavy atom. The van der Waals surface area contributed by atoms with Crippen molar-refractivity contribution >= 4 is 5.78 Å². The topological polar surface area (TPSA) is 127 Å². The van der Waals surface area contributed by atoms with Gasteiger partial charge < -0.3 is 30.3 Å². The number of Topliss-reactive ketones (excluding diaryl/α,β-unsaturated/α-hetero) is 1. The standard InChI is InChI=1S/C15H12O7/c16-8-3-1-6(5-10(8)18)14-13(21)11(19)7-2-4-9(17)12(20)15(7)22-14/h1-5,13-14,16-18,20-21H/t13-,14-/m1/s1. The van der Waals surface area contributed by atoms with Crippen LogP contribution in [0.4, 0.5) is 0 Å². The van der Waals surface area contributed by atoms with Gasteiger partial charge in [0.1, 0.15) is 0 Å². The van der Waals surface area contributed by atoms with Crippen LogP contribution in [0, 0.1) is 0 Å². The molecule has 0 bridgehead atoms. The minimum Gasteiger partial charge on any atom is -0.504 e. The van der Waals surface area contributed by atoms with E-state index in [-0.39, 0.29) is 22.6 Å². The van der Waals surface area contributed by atoms with Gasteiger partial charge in [-0.25, -0.2) is 0 Å². The number of benzene rings is 2. The zero-order valence-corrected chi connectivity index (χ0v) is 11.1. The molecule has 0 aromatic heterocycles. The van der Waals surface area contributed by atoms with Crippen molar-refractivity contribution in [3.63, 3.8) is 0 Å². The first kappa shape index (κ1) is 14.0. The summed E-state index contributed by atoms with van der Waals surface area (Å²) in [7, 11) is 0. The number of aliphatic hydroxyl groups excluding tert-OH is 1. The molecule has 1 aliphatic heterocycles. The minimum absolute atomic E-state index is 0.0537. The second kappa shape index (κ2) is 4.81. The van der Waals surface area contributed by atoms with Crippen molar-refractivity contribution in [2.45, 2.75) is 12.2 Å². The second-order valence-corrected chi connectivity index (χ2v) is 4.91. The normalized spacial score (nSPS) is 20.3. The van der Waals surface area contributed by atoms with Crippen molar-refractivity contribution in [2.75, 3.05) is 0 Å². The molecule has 0 saturated carbocycles. The van der Waals surface area contributed by atoms with E-state index in [9.17, 15) is 30.3 Å². The number of aliphatic hydroxyl groups is 1. The van der Waals surface area contributed by atoms with E-state index in [4.69, 9.17) is 4.74 Å². The Kier molecular flexibility index (Phi) is 3.07. The van der Waals surface area contributed by atoms with Gasteiger partial charge in [-0.15, -0.1) is 0 Å². The summed E-state index contributed by atoms with van der Waals surface area (Å²) in [6.45, 7) is 0. The van der Waals surface area contributed by atoms with Crippen LogP contribution in [0.2, 0.25) is 0 Å². The fraction of sp³-hybridized carbons (Fsp3) is 0.133. The highest BCUT2D eigenvalue weighted by molar-refractivity contribution is 6.04. The number of hydrogen-bond donors (Lipinski definition) is 5. The molecule has 7 heteroatoms. The summed E-state index contributed by atoms with van der Waals surface area (Å²) in [6.07, 6.45) is -2.75. The number of ether oxygens (including phenoxy) is 1. The van der Waals surface area contributed by atoms with Crippen LogP contribution in [0.5, 0.6) is 28.7 Å². The number of ketones is 1. The van der Waals surface area contributed by atoms with Gasteiger partial charge in [-0.1, -0.05) is 6.07 Å². The molecule has 0 fully saturated rings. The average molecular weight is 304 g/mol. The van der Waals surface area contributed by atoms with Crippen LogP contribution in [0.25, 0.3) is 0 Å². The van der Waals surface area contributed by atoms with Gasteiger partial charge in [0.25, 0.3) is 0 Å². The molecule has 0 radical (unpaired) electrons. The lowest BCUT2D eigenvalue weighted by atomic mass is 9.93. The molecule has 0 unspecified atom stereocenters. The number of fused-ring (bicyclic) bond motifs is 1. The Balaban J connectivity index is 2.09. The van der Waals surface area contributed by atoms with Crippen LogP contribution in [0.15, 0.2) is 30.3 Å². The van der Waals surface area contributed by atoms with E-state index in [2.05, 4.69) is 0 Å². The van der Waals surface area contributed by atoms with Crippen LogP contribution in [0.3, 0.4) is 0 Å². The molecule has 1 heterocycles. The molecule has 0 amide bonds. The maximum atomic E-state index is 12.2. The summed E-state index contributed by atoms with van der Waals surface area (Å²) in [6, 6.07) is 6.04. The van der Waals surface area contributed by atoms with E-state index in [1.807, 2.05) is 0 Å². The van der Waals surface area contributed by atoms with Crippen LogP contribution in [0.1, 0.15) is 22.0 Å². The number of carbonyl (C=O) groups excluding carboxylic acids is 1. The van der Waals surface area contributed by atoms with Crippen LogP contribution in [-0.4, -0.2) is 37.4 Å². The monoisotopic (exact) mass is 304 g/mol. The molecular formula is C15H12O7. The molecule has 3 rings (SSSR count). The number of phenolic OH excluding ortho intramolecular Hbond substituents is 4. The SMILES string of the molecule is O=C1c2ccc(O)c(O)c2O[C@H](c2ccc(O)c(O)c2)[C@@H]1O. The Morgan fingerprint density at radius 3 is 2.27 bits per heavy atom. The van der Waals surface area contributed by atoms with Crippen molar-refractivity contribution in [3.8, 4) is 28.7 Å². The zero-order valence-electron chi connectivity index (χ0n) is 11.1. The Bertz CT molecular complexity index is 769. The summed E-state index contributed by atoms with van der Waals surface area (Å²) in [4.78, 5) is 12.2. The lowest BCUT2D eigenvalue weighted by Gasteiger charge is -2.30. The highest BCUT2D eigenvalue weighted by atomic mass is 16.5. The average Bonchev–Trinajstić information content (AvgIpc) is 2.49. The van der Waals surface area contributed by atoms with Gasteiger partial charge in [-0.2, -0.15) is 0 Å². The largest absolute Gasteiger partial charge is 0.504 e. The van der Waals surface area contributed by atoms with Gasteiger partial charge >= 0.3 is 0 Å². The molecule has 7 nitrogen and oxygen atoms in total. The van der Waals surface area contributed by atoms with Gasteiger partial charge in [-0.3, -0.25) is 4.79 Å². The molecule has 1 aliphatic rings. The highest BCUT2D eigenvalue weighted by Crippen LogP contribution is 2.45. The molecule has 0 aliphatic carbocycles. The lowest BCUT2D eigenvalue weighted by molar-refractivity contribution is 0.0202. The number of phenols is 4. The summed E-state index contributed by atoms with van der Waals surface area (Å²) in [5, 5.41) is 48.2. The Morgan fingerprint density at radius 2 is 1.59 bits per heavy atom. The fourth-order valence-electron chi connectivity index (χ4n) is 2.33. The van der Waals surface area contributed by atoms with E-state index in [1.165, 1.54) is 18.2 Å². The molecular weight excluding hydrogens is 292 g/mol. The number of hydrogen-bond acceptors (Lipinski definition) is 7. The molecule has 2 atom stereocenters. The molecule has 114 valence electrons. The summed E-state index contributed by atoms with van der Waals surface area (Å²) in [5.41, 5.74) is 0.173. The van der Waals surface area contributed by atoms with Gasteiger partial charge in [0.05, 0.1) is 5.56 Å².